The molecule has 0 heterocycles. The third kappa shape index (κ3) is 3.55. The number of unbranched alkanes of at least 4 members (excludes halogenated alkanes) is 1. The van der Waals surface area contributed by atoms with E-state index in [9.17, 15) is 9.18 Å². The van der Waals surface area contributed by atoms with Crippen molar-refractivity contribution in [2.45, 2.75) is 51.5 Å². The summed E-state index contributed by atoms with van der Waals surface area (Å²) >= 11 is 0. The predicted molar refractivity (Wildman–Crippen MR) is 74.5 cm³/mol. The lowest BCUT2D eigenvalue weighted by Crippen LogP contribution is -2.37. The fourth-order valence-corrected chi connectivity index (χ4v) is 2.93. The monoisotopic (exact) mass is 263 g/mol. The number of carbonyl (C=O) groups excluding carboxylic acids is 1. The van der Waals surface area contributed by atoms with Crippen molar-refractivity contribution in [3.63, 3.8) is 0 Å². The molecule has 1 aliphatic carbocycles. The van der Waals surface area contributed by atoms with Crippen LogP contribution in [0.3, 0.4) is 0 Å². The molecule has 19 heavy (non-hydrogen) atoms. The molecule has 0 aromatic heterocycles. The molecule has 0 saturated heterocycles. The molecule has 2 nitrogen and oxygen atoms in total. The van der Waals surface area contributed by atoms with Crippen molar-refractivity contribution in [2.24, 2.45) is 5.92 Å². The minimum atomic E-state index is -0.442. The van der Waals surface area contributed by atoms with Crippen LogP contribution in [0.1, 0.15) is 55.8 Å². The first-order valence-corrected chi connectivity index (χ1v) is 7.27. The molecule has 1 saturated carbocycles. The van der Waals surface area contributed by atoms with Crippen LogP contribution in [0, 0.1) is 11.7 Å². The Labute approximate surface area is 114 Å². The summed E-state index contributed by atoms with van der Waals surface area (Å²) in [5.41, 5.74) is 0.156. The maximum atomic E-state index is 13.6. The summed E-state index contributed by atoms with van der Waals surface area (Å²) in [7, 11) is 0. The zero-order valence-electron chi connectivity index (χ0n) is 11.5. The summed E-state index contributed by atoms with van der Waals surface area (Å²) in [4.78, 5) is 12.1. The van der Waals surface area contributed by atoms with Gasteiger partial charge in [-0.15, -0.1) is 0 Å². The second kappa shape index (κ2) is 6.69. The molecule has 0 radical (unpaired) electrons. The summed E-state index contributed by atoms with van der Waals surface area (Å²) in [6, 6.07) is 6.39. The third-order valence-corrected chi connectivity index (χ3v) is 4.02. The Bertz CT molecular complexity index is 433. The number of amides is 1. The van der Waals surface area contributed by atoms with Gasteiger partial charge in [0.1, 0.15) is 5.82 Å². The first-order valence-electron chi connectivity index (χ1n) is 7.27. The second-order valence-electron chi connectivity index (χ2n) is 5.39. The molecule has 0 bridgehead atoms. The van der Waals surface area contributed by atoms with E-state index in [-0.39, 0.29) is 17.5 Å². The van der Waals surface area contributed by atoms with E-state index in [1.165, 1.54) is 31.7 Å². The Morgan fingerprint density at radius 3 is 2.89 bits per heavy atom. The largest absolute Gasteiger partial charge is 0.349 e. The zero-order valence-corrected chi connectivity index (χ0v) is 11.5. The fraction of sp³-hybridized carbons (Fsp3) is 0.562. The van der Waals surface area contributed by atoms with Gasteiger partial charge >= 0.3 is 0 Å². The van der Waals surface area contributed by atoms with Crippen LogP contribution in [0.15, 0.2) is 24.3 Å². The van der Waals surface area contributed by atoms with Crippen LogP contribution in [0.4, 0.5) is 4.39 Å². The first kappa shape index (κ1) is 14.0. The van der Waals surface area contributed by atoms with E-state index in [4.69, 9.17) is 0 Å². The lowest BCUT2D eigenvalue weighted by atomic mass is 9.96. The molecule has 3 heteroatoms. The highest BCUT2D eigenvalue weighted by Crippen LogP contribution is 2.30. The molecule has 0 spiro atoms. The van der Waals surface area contributed by atoms with Crippen molar-refractivity contribution < 1.29 is 9.18 Å². The minimum Gasteiger partial charge on any atom is -0.349 e. The van der Waals surface area contributed by atoms with Crippen molar-refractivity contribution in [3.8, 4) is 0 Å². The normalized spacial score (nSPS) is 22.4. The van der Waals surface area contributed by atoms with E-state index in [1.54, 1.807) is 18.2 Å². The standard InChI is InChI=1S/C16H22FNO/c1-2-3-7-12-8-6-11-15(12)18-16(19)13-9-4-5-10-14(13)17/h4-5,9-10,12,15H,2-3,6-8,11H2,1H3,(H,18,19). The van der Waals surface area contributed by atoms with Crippen molar-refractivity contribution in [2.75, 3.05) is 0 Å². The van der Waals surface area contributed by atoms with Gasteiger partial charge in [-0.05, 0) is 37.3 Å². The summed E-state index contributed by atoms with van der Waals surface area (Å²) in [6.45, 7) is 2.18. The van der Waals surface area contributed by atoms with E-state index in [2.05, 4.69) is 12.2 Å². The first-order chi connectivity index (χ1) is 9.22. The smallest absolute Gasteiger partial charge is 0.254 e. The van der Waals surface area contributed by atoms with Gasteiger partial charge in [0.05, 0.1) is 5.56 Å². The lowest BCUT2D eigenvalue weighted by molar-refractivity contribution is 0.0922. The van der Waals surface area contributed by atoms with Gasteiger partial charge in [0.15, 0.2) is 0 Å². The minimum absolute atomic E-state index is 0.156. The summed E-state index contributed by atoms with van der Waals surface area (Å²) in [6.07, 6.45) is 6.92. The lowest BCUT2D eigenvalue weighted by Gasteiger charge is -2.21. The number of hydrogen-bond donors (Lipinski definition) is 1. The highest BCUT2D eigenvalue weighted by molar-refractivity contribution is 5.94. The number of halogens is 1. The van der Waals surface area contributed by atoms with Crippen molar-refractivity contribution in [1.29, 1.82) is 0 Å². The second-order valence-corrected chi connectivity index (χ2v) is 5.39. The number of carbonyl (C=O) groups is 1. The van der Waals surface area contributed by atoms with Gasteiger partial charge in [0.25, 0.3) is 5.91 Å². The molecule has 104 valence electrons. The van der Waals surface area contributed by atoms with Gasteiger partial charge in [-0.25, -0.2) is 4.39 Å². The van der Waals surface area contributed by atoms with Gasteiger partial charge < -0.3 is 5.32 Å². The maximum absolute atomic E-state index is 13.6. The number of hydrogen-bond acceptors (Lipinski definition) is 1. The molecule has 1 amide bonds. The van der Waals surface area contributed by atoms with Crippen LogP contribution in [-0.4, -0.2) is 11.9 Å². The SMILES string of the molecule is CCCCC1CCCC1NC(=O)c1ccccc1F. The van der Waals surface area contributed by atoms with Gasteiger partial charge in [0, 0.05) is 6.04 Å². The van der Waals surface area contributed by atoms with Crippen LogP contribution in [0.5, 0.6) is 0 Å². The molecule has 2 unspecified atom stereocenters. The Morgan fingerprint density at radius 2 is 2.16 bits per heavy atom. The van der Waals surface area contributed by atoms with E-state index in [0.717, 1.165) is 12.8 Å². The van der Waals surface area contributed by atoms with Crippen LogP contribution >= 0.6 is 0 Å². The fourth-order valence-electron chi connectivity index (χ4n) is 2.93. The Morgan fingerprint density at radius 1 is 1.37 bits per heavy atom. The summed E-state index contributed by atoms with van der Waals surface area (Å²) in [5, 5.41) is 3.02. The third-order valence-electron chi connectivity index (χ3n) is 4.02. The van der Waals surface area contributed by atoms with Crippen LogP contribution < -0.4 is 5.32 Å². The van der Waals surface area contributed by atoms with Gasteiger partial charge in [-0.1, -0.05) is 38.3 Å². The Balaban J connectivity index is 1.96. The summed E-state index contributed by atoms with van der Waals surface area (Å²) in [5.74, 6) is -0.148. The number of rotatable bonds is 5. The average Bonchev–Trinajstić information content (AvgIpc) is 2.84. The van der Waals surface area contributed by atoms with Crippen LogP contribution in [0.25, 0.3) is 0 Å². The van der Waals surface area contributed by atoms with Gasteiger partial charge in [-0.3, -0.25) is 4.79 Å². The quantitative estimate of drug-likeness (QED) is 0.857. The van der Waals surface area contributed by atoms with Crippen molar-refractivity contribution in [1.82, 2.24) is 5.32 Å². The summed E-state index contributed by atoms with van der Waals surface area (Å²) < 4.78 is 13.6. The number of benzene rings is 1. The average molecular weight is 263 g/mol. The highest BCUT2D eigenvalue weighted by Gasteiger charge is 2.28. The molecule has 2 atom stereocenters. The van der Waals surface area contributed by atoms with E-state index >= 15 is 0 Å². The predicted octanol–water partition coefficient (Wildman–Crippen LogP) is 3.91. The molecular weight excluding hydrogens is 241 g/mol. The molecule has 1 N–H and O–H groups in total. The van der Waals surface area contributed by atoms with Crippen molar-refractivity contribution >= 4 is 5.91 Å². The molecule has 1 aliphatic rings. The molecule has 2 rings (SSSR count). The van der Waals surface area contributed by atoms with Gasteiger partial charge in [-0.2, -0.15) is 0 Å². The Hall–Kier alpha value is -1.38. The molecule has 1 aromatic carbocycles. The maximum Gasteiger partial charge on any atom is 0.254 e. The van der Waals surface area contributed by atoms with Crippen molar-refractivity contribution in [3.05, 3.63) is 35.6 Å². The van der Waals surface area contributed by atoms with E-state index in [0.29, 0.717) is 5.92 Å². The molecule has 1 aromatic rings. The zero-order chi connectivity index (χ0) is 13.7. The number of nitrogens with one attached hydrogen (secondary N) is 1. The molecule has 0 aliphatic heterocycles. The molecular formula is C16H22FNO. The molecule has 1 fully saturated rings. The van der Waals surface area contributed by atoms with Crippen LogP contribution in [-0.2, 0) is 0 Å². The van der Waals surface area contributed by atoms with E-state index in [1.807, 2.05) is 0 Å². The van der Waals surface area contributed by atoms with Gasteiger partial charge in [0.2, 0.25) is 0 Å². The van der Waals surface area contributed by atoms with E-state index < -0.39 is 5.82 Å². The highest BCUT2D eigenvalue weighted by atomic mass is 19.1. The topological polar surface area (TPSA) is 29.1 Å². The Kier molecular flexibility index (Phi) is 4.94. The van der Waals surface area contributed by atoms with Crippen LogP contribution in [0.2, 0.25) is 0 Å².